The third-order valence-electron chi connectivity index (χ3n) is 5.76. The van der Waals surface area contributed by atoms with Crippen molar-refractivity contribution in [2.24, 2.45) is 5.92 Å². The van der Waals surface area contributed by atoms with E-state index in [0.29, 0.717) is 25.4 Å². The van der Waals surface area contributed by atoms with Crippen LogP contribution in [0, 0.1) is 5.92 Å². The first-order valence-electron chi connectivity index (χ1n) is 10.8. The van der Waals surface area contributed by atoms with Gasteiger partial charge < -0.3 is 14.2 Å². The van der Waals surface area contributed by atoms with Crippen molar-refractivity contribution >= 4 is 23.2 Å². The highest BCUT2D eigenvalue weighted by atomic mass is 32.1. The molecule has 3 aromatic rings. The summed E-state index contributed by atoms with van der Waals surface area (Å²) in [6, 6.07) is 17.7. The second kappa shape index (κ2) is 10.4. The zero-order valence-corrected chi connectivity index (χ0v) is 18.4. The third-order valence-corrected chi connectivity index (χ3v) is 6.63. The van der Waals surface area contributed by atoms with Gasteiger partial charge in [0.15, 0.2) is 0 Å². The number of rotatable bonds is 9. The number of thiophene rings is 1. The topological polar surface area (TPSA) is 53.8 Å². The molecule has 2 heterocycles. The van der Waals surface area contributed by atoms with Crippen molar-refractivity contribution in [1.82, 2.24) is 9.80 Å². The molecule has 162 valence electrons. The molecule has 0 radical (unpaired) electrons. The van der Waals surface area contributed by atoms with E-state index in [1.54, 1.807) is 22.5 Å². The van der Waals surface area contributed by atoms with Gasteiger partial charge in [-0.25, -0.2) is 0 Å². The van der Waals surface area contributed by atoms with E-state index < -0.39 is 0 Å². The summed E-state index contributed by atoms with van der Waals surface area (Å²) in [5, 5.41) is 2.02. The second-order valence-electron chi connectivity index (χ2n) is 8.07. The molecule has 0 atom stereocenters. The van der Waals surface area contributed by atoms with Crippen LogP contribution in [-0.2, 0) is 29.2 Å². The molecule has 0 aliphatic heterocycles. The zero-order valence-electron chi connectivity index (χ0n) is 17.6. The number of benzene rings is 1. The maximum absolute atomic E-state index is 13.4. The summed E-state index contributed by atoms with van der Waals surface area (Å²) < 4.78 is 5.48. The Morgan fingerprint density at radius 3 is 2.39 bits per heavy atom. The minimum absolute atomic E-state index is 0.0163. The van der Waals surface area contributed by atoms with E-state index in [9.17, 15) is 9.59 Å². The van der Waals surface area contributed by atoms with Gasteiger partial charge in [-0.05, 0) is 42.0 Å². The van der Waals surface area contributed by atoms with Crippen molar-refractivity contribution in [1.29, 1.82) is 0 Å². The van der Waals surface area contributed by atoms with Crippen molar-refractivity contribution in [3.8, 4) is 0 Å². The van der Waals surface area contributed by atoms with Crippen molar-refractivity contribution in [3.63, 3.8) is 0 Å². The van der Waals surface area contributed by atoms with Gasteiger partial charge in [0.05, 0.1) is 19.4 Å². The molecule has 0 bridgehead atoms. The highest BCUT2D eigenvalue weighted by Gasteiger charge is 2.30. The second-order valence-corrected chi connectivity index (χ2v) is 9.10. The number of furan rings is 1. The van der Waals surface area contributed by atoms with Gasteiger partial charge in [-0.2, -0.15) is 0 Å². The lowest BCUT2D eigenvalue weighted by Gasteiger charge is -2.28. The zero-order chi connectivity index (χ0) is 21.5. The van der Waals surface area contributed by atoms with E-state index in [0.717, 1.165) is 36.1 Å². The van der Waals surface area contributed by atoms with Crippen LogP contribution in [0.3, 0.4) is 0 Å². The average molecular weight is 437 g/mol. The summed E-state index contributed by atoms with van der Waals surface area (Å²) in [5.74, 6) is 0.739. The summed E-state index contributed by atoms with van der Waals surface area (Å²) in [5.41, 5.74) is 1.08. The maximum atomic E-state index is 13.4. The number of nitrogens with zero attached hydrogens (tertiary/aromatic N) is 2. The Morgan fingerprint density at radius 2 is 1.71 bits per heavy atom. The minimum atomic E-state index is -0.0462. The maximum Gasteiger partial charge on any atom is 0.242 e. The highest BCUT2D eigenvalue weighted by Crippen LogP contribution is 2.27. The monoisotopic (exact) mass is 436 g/mol. The number of carbonyl (C=O) groups is 2. The Balaban J connectivity index is 1.51. The van der Waals surface area contributed by atoms with Crippen LogP contribution in [0.15, 0.2) is 70.7 Å². The molecule has 1 aromatic carbocycles. The standard InChI is InChI=1S/C25H28N2O3S/c28-24(26(18-23-13-7-15-31-23)16-20-8-2-1-3-9-20)19-27(17-22-12-6-14-30-22)25(29)21-10-4-5-11-21/h1-3,6-9,12-15,21H,4-5,10-11,16-19H2. The van der Waals surface area contributed by atoms with E-state index in [2.05, 4.69) is 0 Å². The predicted octanol–water partition coefficient (Wildman–Crippen LogP) is 5.09. The van der Waals surface area contributed by atoms with Gasteiger partial charge in [-0.3, -0.25) is 9.59 Å². The van der Waals surface area contributed by atoms with Crippen LogP contribution in [0.2, 0.25) is 0 Å². The summed E-state index contributed by atoms with van der Waals surface area (Å²) in [7, 11) is 0. The lowest BCUT2D eigenvalue weighted by atomic mass is 10.1. The molecule has 1 saturated carbocycles. The number of carbonyl (C=O) groups excluding carboxylic acids is 2. The summed E-state index contributed by atoms with van der Waals surface area (Å²) in [4.78, 5) is 31.3. The molecule has 31 heavy (non-hydrogen) atoms. The third kappa shape index (κ3) is 5.85. The number of hydrogen-bond donors (Lipinski definition) is 0. The average Bonchev–Trinajstić information content (AvgIpc) is 3.56. The largest absolute Gasteiger partial charge is 0.467 e. The molecule has 5 nitrogen and oxygen atoms in total. The smallest absolute Gasteiger partial charge is 0.242 e. The Hall–Kier alpha value is -2.86. The van der Waals surface area contributed by atoms with Crippen LogP contribution in [0.1, 0.15) is 41.9 Å². The summed E-state index contributed by atoms with van der Waals surface area (Å²) in [6.45, 7) is 1.45. The van der Waals surface area contributed by atoms with Crippen LogP contribution in [0.5, 0.6) is 0 Å². The van der Waals surface area contributed by atoms with Crippen LogP contribution in [0.4, 0.5) is 0 Å². The van der Waals surface area contributed by atoms with E-state index in [-0.39, 0.29) is 24.3 Å². The van der Waals surface area contributed by atoms with Crippen LogP contribution in [0.25, 0.3) is 0 Å². The molecule has 1 aliphatic rings. The fraction of sp³-hybridized carbons (Fsp3) is 0.360. The van der Waals surface area contributed by atoms with E-state index in [4.69, 9.17) is 4.42 Å². The van der Waals surface area contributed by atoms with Crippen LogP contribution >= 0.6 is 11.3 Å². The fourth-order valence-corrected chi connectivity index (χ4v) is 4.84. The lowest BCUT2D eigenvalue weighted by Crippen LogP contribution is -2.43. The van der Waals surface area contributed by atoms with Crippen LogP contribution < -0.4 is 0 Å². The van der Waals surface area contributed by atoms with Gasteiger partial charge in [-0.15, -0.1) is 11.3 Å². The van der Waals surface area contributed by atoms with Crippen molar-refractivity contribution < 1.29 is 14.0 Å². The number of amides is 2. The van der Waals surface area contributed by atoms with Crippen molar-refractivity contribution in [2.45, 2.75) is 45.3 Å². The molecule has 1 fully saturated rings. The molecule has 0 N–H and O–H groups in total. The fourth-order valence-electron chi connectivity index (χ4n) is 4.12. The summed E-state index contributed by atoms with van der Waals surface area (Å²) in [6.07, 6.45) is 5.58. The molecule has 0 unspecified atom stereocenters. The van der Waals surface area contributed by atoms with Gasteiger partial charge >= 0.3 is 0 Å². The minimum Gasteiger partial charge on any atom is -0.467 e. The van der Waals surface area contributed by atoms with Crippen molar-refractivity contribution in [2.75, 3.05) is 6.54 Å². The van der Waals surface area contributed by atoms with Gasteiger partial charge in [0.25, 0.3) is 0 Å². The SMILES string of the molecule is O=C(CN(Cc1ccco1)C(=O)C1CCCC1)N(Cc1ccccc1)Cc1cccs1. The quantitative estimate of drug-likeness (QED) is 0.470. The molecule has 4 rings (SSSR count). The first kappa shape index (κ1) is 21.4. The first-order chi connectivity index (χ1) is 15.2. The summed E-state index contributed by atoms with van der Waals surface area (Å²) >= 11 is 1.64. The first-order valence-corrected chi connectivity index (χ1v) is 11.7. The van der Waals surface area contributed by atoms with Gasteiger partial charge in [0.2, 0.25) is 11.8 Å². The van der Waals surface area contributed by atoms with E-state index in [1.807, 2.05) is 64.9 Å². The molecule has 6 heteroatoms. The highest BCUT2D eigenvalue weighted by molar-refractivity contribution is 7.09. The van der Waals surface area contributed by atoms with Crippen LogP contribution in [-0.4, -0.2) is 28.2 Å². The molecule has 2 amide bonds. The van der Waals surface area contributed by atoms with Gasteiger partial charge in [0, 0.05) is 17.3 Å². The molecule has 0 saturated heterocycles. The predicted molar refractivity (Wildman–Crippen MR) is 121 cm³/mol. The normalized spacial score (nSPS) is 13.9. The lowest BCUT2D eigenvalue weighted by molar-refractivity contribution is -0.144. The van der Waals surface area contributed by atoms with Gasteiger partial charge in [-0.1, -0.05) is 49.2 Å². The Labute approximate surface area is 187 Å². The van der Waals surface area contributed by atoms with E-state index >= 15 is 0 Å². The molecule has 1 aliphatic carbocycles. The van der Waals surface area contributed by atoms with Crippen molar-refractivity contribution in [3.05, 3.63) is 82.4 Å². The molecular formula is C25H28N2O3S. The van der Waals surface area contributed by atoms with Gasteiger partial charge in [0.1, 0.15) is 12.3 Å². The Kier molecular flexibility index (Phi) is 7.20. The molecule has 2 aromatic heterocycles. The van der Waals surface area contributed by atoms with E-state index in [1.165, 1.54) is 0 Å². The molecule has 0 spiro atoms. The number of hydrogen-bond acceptors (Lipinski definition) is 4. The molecular weight excluding hydrogens is 408 g/mol. The Bertz CT molecular complexity index is 948. The Morgan fingerprint density at radius 1 is 0.903 bits per heavy atom.